The van der Waals surface area contributed by atoms with E-state index in [0.717, 1.165) is 22.4 Å². The van der Waals surface area contributed by atoms with Gasteiger partial charge in [-0.15, -0.1) is 13.2 Å². The first kappa shape index (κ1) is 23.7. The molecule has 170 valence electrons. The lowest BCUT2D eigenvalue weighted by Crippen LogP contribution is -2.34. The second kappa shape index (κ2) is 12.2. The molecule has 1 aromatic heterocycles. The minimum absolute atomic E-state index is 0.0152. The van der Waals surface area contributed by atoms with Gasteiger partial charge in [-0.05, 0) is 30.2 Å². The number of benzene rings is 2. The molecule has 3 aromatic rings. The first-order valence-corrected chi connectivity index (χ1v) is 11.1. The van der Waals surface area contributed by atoms with Gasteiger partial charge in [0.2, 0.25) is 11.8 Å². The third kappa shape index (κ3) is 6.77. The zero-order valence-electron chi connectivity index (χ0n) is 18.8. The van der Waals surface area contributed by atoms with E-state index in [0.29, 0.717) is 32.5 Å². The fraction of sp³-hybridized carbons (Fsp3) is 0.222. The topological polar surface area (TPSA) is 67.2 Å². The largest absolute Gasteiger partial charge is 0.353 e. The smallest absolute Gasteiger partial charge is 0.243 e. The van der Waals surface area contributed by atoms with Crippen LogP contribution < -0.4 is 5.32 Å². The molecular weight excluding hydrogens is 412 g/mol. The number of carbonyl (C=O) groups is 2. The summed E-state index contributed by atoms with van der Waals surface area (Å²) in [6, 6.07) is 17.5. The first-order chi connectivity index (χ1) is 16.1. The molecular formula is C27H30N4O2. The molecule has 33 heavy (non-hydrogen) atoms. The fourth-order valence-electron chi connectivity index (χ4n) is 3.57. The minimum atomic E-state index is -0.132. The standard InChI is InChI=1S/C27H30N4O2/c1-3-19-30(20-4-2)27(33)21-31-24-14-9-8-13-23(24)29-25(31)15-10-18-28-26(32)17-16-22-11-6-5-7-12-22/h3-9,11-14,16-17H,1-2,10,15,18-21H2,(H,28,32)/b17-16-. The fourth-order valence-corrected chi connectivity index (χ4v) is 3.57. The highest BCUT2D eigenvalue weighted by atomic mass is 16.2. The number of rotatable bonds is 12. The van der Waals surface area contributed by atoms with Crippen LogP contribution in [0.15, 0.2) is 86.0 Å². The first-order valence-electron chi connectivity index (χ1n) is 11.1. The molecule has 0 aliphatic rings. The summed E-state index contributed by atoms with van der Waals surface area (Å²) in [5, 5.41) is 2.91. The van der Waals surface area contributed by atoms with Gasteiger partial charge in [-0.2, -0.15) is 0 Å². The zero-order valence-corrected chi connectivity index (χ0v) is 18.8. The Bertz CT molecular complexity index is 1120. The Morgan fingerprint density at radius 1 is 1.00 bits per heavy atom. The molecule has 1 N–H and O–H groups in total. The number of aryl methyl sites for hydroxylation is 1. The number of nitrogens with zero attached hydrogens (tertiary/aromatic N) is 3. The van der Waals surface area contributed by atoms with Crippen LogP contribution in [0.5, 0.6) is 0 Å². The molecule has 0 aliphatic carbocycles. The Morgan fingerprint density at radius 2 is 1.70 bits per heavy atom. The van der Waals surface area contributed by atoms with Gasteiger partial charge in [0.05, 0.1) is 11.0 Å². The van der Waals surface area contributed by atoms with Gasteiger partial charge >= 0.3 is 0 Å². The van der Waals surface area contributed by atoms with E-state index in [4.69, 9.17) is 4.98 Å². The molecule has 2 aromatic carbocycles. The van der Waals surface area contributed by atoms with E-state index in [-0.39, 0.29) is 18.4 Å². The molecule has 0 saturated heterocycles. The highest BCUT2D eigenvalue weighted by molar-refractivity contribution is 5.91. The van der Waals surface area contributed by atoms with Crippen molar-refractivity contribution < 1.29 is 9.59 Å². The number of amides is 2. The van der Waals surface area contributed by atoms with Crippen molar-refractivity contribution in [1.29, 1.82) is 0 Å². The summed E-state index contributed by atoms with van der Waals surface area (Å²) in [5.41, 5.74) is 2.76. The number of carbonyl (C=O) groups excluding carboxylic acids is 2. The van der Waals surface area contributed by atoms with E-state index in [2.05, 4.69) is 18.5 Å². The van der Waals surface area contributed by atoms with Crippen molar-refractivity contribution in [2.45, 2.75) is 19.4 Å². The molecule has 0 radical (unpaired) electrons. The maximum absolute atomic E-state index is 12.9. The summed E-state index contributed by atoms with van der Waals surface area (Å²) in [6.07, 6.45) is 8.11. The van der Waals surface area contributed by atoms with E-state index < -0.39 is 0 Å². The van der Waals surface area contributed by atoms with Gasteiger partial charge in [-0.1, -0.05) is 54.6 Å². The van der Waals surface area contributed by atoms with Crippen molar-refractivity contribution >= 4 is 28.9 Å². The number of hydrogen-bond donors (Lipinski definition) is 1. The lowest BCUT2D eigenvalue weighted by molar-refractivity contribution is -0.130. The van der Waals surface area contributed by atoms with Crippen molar-refractivity contribution in [3.05, 3.63) is 97.4 Å². The molecule has 0 spiro atoms. The van der Waals surface area contributed by atoms with Gasteiger partial charge < -0.3 is 14.8 Å². The van der Waals surface area contributed by atoms with E-state index in [9.17, 15) is 9.59 Å². The minimum Gasteiger partial charge on any atom is -0.353 e. The van der Waals surface area contributed by atoms with Gasteiger partial charge in [0.25, 0.3) is 0 Å². The van der Waals surface area contributed by atoms with Crippen LogP contribution >= 0.6 is 0 Å². The number of imidazole rings is 1. The Balaban J connectivity index is 1.62. The lowest BCUT2D eigenvalue weighted by Gasteiger charge is -2.20. The summed E-state index contributed by atoms with van der Waals surface area (Å²) in [5.74, 6) is 0.682. The average molecular weight is 443 g/mol. The second-order valence-electron chi connectivity index (χ2n) is 7.62. The van der Waals surface area contributed by atoms with Crippen LogP contribution in [0.1, 0.15) is 17.8 Å². The van der Waals surface area contributed by atoms with Gasteiger partial charge in [0.15, 0.2) is 0 Å². The second-order valence-corrected chi connectivity index (χ2v) is 7.62. The molecule has 2 amide bonds. The summed E-state index contributed by atoms with van der Waals surface area (Å²) >= 11 is 0. The zero-order chi connectivity index (χ0) is 23.5. The SMILES string of the molecule is C=CCN(CC=C)C(=O)Cn1c(CCCNC(=O)/C=C\c2ccccc2)nc2ccccc21. The summed E-state index contributed by atoms with van der Waals surface area (Å²) in [7, 11) is 0. The van der Waals surface area contributed by atoms with E-state index in [1.165, 1.54) is 6.08 Å². The van der Waals surface area contributed by atoms with Gasteiger partial charge in [-0.3, -0.25) is 9.59 Å². The molecule has 0 unspecified atom stereocenters. The molecule has 0 bridgehead atoms. The summed E-state index contributed by atoms with van der Waals surface area (Å²) in [4.78, 5) is 31.4. The van der Waals surface area contributed by atoms with E-state index in [1.54, 1.807) is 23.1 Å². The monoisotopic (exact) mass is 442 g/mol. The summed E-state index contributed by atoms with van der Waals surface area (Å²) < 4.78 is 1.97. The van der Waals surface area contributed by atoms with Crippen LogP contribution in [0, 0.1) is 0 Å². The van der Waals surface area contributed by atoms with Crippen molar-refractivity contribution in [1.82, 2.24) is 19.8 Å². The van der Waals surface area contributed by atoms with Crippen LogP contribution in [-0.4, -0.2) is 45.9 Å². The van der Waals surface area contributed by atoms with Crippen LogP contribution in [0.25, 0.3) is 17.1 Å². The molecule has 0 saturated carbocycles. The Morgan fingerprint density at radius 3 is 2.42 bits per heavy atom. The van der Waals surface area contributed by atoms with Gasteiger partial charge in [0.1, 0.15) is 12.4 Å². The highest BCUT2D eigenvalue weighted by Crippen LogP contribution is 2.17. The third-order valence-corrected chi connectivity index (χ3v) is 5.18. The molecule has 0 atom stereocenters. The molecule has 1 heterocycles. The molecule has 0 aliphatic heterocycles. The van der Waals surface area contributed by atoms with Crippen LogP contribution in [0.4, 0.5) is 0 Å². The summed E-state index contributed by atoms with van der Waals surface area (Å²) in [6.45, 7) is 9.13. The predicted molar refractivity (Wildman–Crippen MR) is 134 cm³/mol. The average Bonchev–Trinajstić information content (AvgIpc) is 3.18. The van der Waals surface area contributed by atoms with Gasteiger partial charge in [0, 0.05) is 32.1 Å². The van der Waals surface area contributed by atoms with Crippen molar-refractivity contribution in [3.8, 4) is 0 Å². The van der Waals surface area contributed by atoms with Crippen LogP contribution in [0.3, 0.4) is 0 Å². The van der Waals surface area contributed by atoms with Gasteiger partial charge in [-0.25, -0.2) is 4.98 Å². The number of nitrogens with one attached hydrogen (secondary N) is 1. The van der Waals surface area contributed by atoms with Crippen molar-refractivity contribution in [2.75, 3.05) is 19.6 Å². The Labute approximate surface area is 194 Å². The highest BCUT2D eigenvalue weighted by Gasteiger charge is 2.17. The van der Waals surface area contributed by atoms with Crippen molar-refractivity contribution in [2.24, 2.45) is 0 Å². The third-order valence-electron chi connectivity index (χ3n) is 5.18. The van der Waals surface area contributed by atoms with Crippen LogP contribution in [0.2, 0.25) is 0 Å². The molecule has 3 rings (SSSR count). The predicted octanol–water partition coefficient (Wildman–Crippen LogP) is 4.00. The number of aromatic nitrogens is 2. The lowest BCUT2D eigenvalue weighted by atomic mass is 10.2. The van der Waals surface area contributed by atoms with E-state index >= 15 is 0 Å². The molecule has 0 fully saturated rings. The number of fused-ring (bicyclic) bond motifs is 1. The maximum atomic E-state index is 12.9. The molecule has 6 heteroatoms. The quantitative estimate of drug-likeness (QED) is 0.262. The molecule has 6 nitrogen and oxygen atoms in total. The Kier molecular flexibility index (Phi) is 8.77. The normalized spacial score (nSPS) is 10.9. The van der Waals surface area contributed by atoms with E-state index in [1.807, 2.05) is 59.2 Å². The Hall–Kier alpha value is -3.93. The van der Waals surface area contributed by atoms with Crippen LogP contribution in [-0.2, 0) is 22.6 Å². The maximum Gasteiger partial charge on any atom is 0.243 e. The van der Waals surface area contributed by atoms with Crippen molar-refractivity contribution in [3.63, 3.8) is 0 Å². The number of hydrogen-bond acceptors (Lipinski definition) is 3. The number of para-hydroxylation sites is 2.